The molecule has 0 unspecified atom stereocenters. The van der Waals surface area contributed by atoms with Gasteiger partial charge >= 0.3 is 0 Å². The van der Waals surface area contributed by atoms with E-state index in [0.29, 0.717) is 27.7 Å². The Morgan fingerprint density at radius 2 is 1.76 bits per heavy atom. The second kappa shape index (κ2) is 8.39. The van der Waals surface area contributed by atoms with Crippen LogP contribution in [0.5, 0.6) is 0 Å². The van der Waals surface area contributed by atoms with E-state index in [4.69, 9.17) is 0 Å². The molecule has 8 nitrogen and oxygen atoms in total. The van der Waals surface area contributed by atoms with Gasteiger partial charge in [-0.15, -0.1) is 0 Å². The largest absolute Gasteiger partial charge is 0.360 e. The smallest absolute Gasteiger partial charge is 0.257 e. The number of hydrogen-bond acceptors (Lipinski definition) is 4. The van der Waals surface area contributed by atoms with Crippen LogP contribution in [-0.2, 0) is 4.79 Å². The summed E-state index contributed by atoms with van der Waals surface area (Å²) in [6.45, 7) is 1.40. The molecule has 0 aliphatic rings. The first-order valence-corrected chi connectivity index (χ1v) is 8.92. The van der Waals surface area contributed by atoms with Crippen LogP contribution in [0.15, 0.2) is 53.5 Å². The molecular formula is C21H20N4O4. The van der Waals surface area contributed by atoms with E-state index in [1.54, 1.807) is 49.4 Å². The van der Waals surface area contributed by atoms with Gasteiger partial charge in [-0.25, -0.2) is 0 Å². The minimum absolute atomic E-state index is 0.0851. The number of anilines is 1. The lowest BCUT2D eigenvalue weighted by atomic mass is 10.1. The zero-order valence-corrected chi connectivity index (χ0v) is 16.0. The zero-order valence-electron chi connectivity index (χ0n) is 16.0. The Morgan fingerprint density at radius 1 is 1.00 bits per heavy atom. The van der Waals surface area contributed by atoms with E-state index in [2.05, 4.69) is 20.9 Å². The summed E-state index contributed by atoms with van der Waals surface area (Å²) in [6, 6.07) is 11.9. The van der Waals surface area contributed by atoms with E-state index < -0.39 is 17.2 Å². The van der Waals surface area contributed by atoms with Crippen molar-refractivity contribution in [1.29, 1.82) is 0 Å². The summed E-state index contributed by atoms with van der Waals surface area (Å²) in [4.78, 5) is 52.1. The highest BCUT2D eigenvalue weighted by molar-refractivity contribution is 6.06. The SMILES string of the molecule is CNC(=O)c1c(C)cccc1NC(=O)CNC(=O)c1c[nH]c2ccccc2c1=O. The molecular weight excluding hydrogens is 372 g/mol. The standard InChI is InChI=1S/C21H20N4O4/c1-12-6-5-9-16(18(12)21(29)22-2)25-17(26)11-24-20(28)14-10-23-15-8-4-3-7-13(15)19(14)27/h3-10H,11H2,1-2H3,(H,22,29)(H,23,27)(H,24,28)(H,25,26). The maximum atomic E-state index is 12.5. The highest BCUT2D eigenvalue weighted by Crippen LogP contribution is 2.19. The molecule has 29 heavy (non-hydrogen) atoms. The number of aromatic amines is 1. The molecule has 8 heteroatoms. The quantitative estimate of drug-likeness (QED) is 0.527. The highest BCUT2D eigenvalue weighted by atomic mass is 16.2. The van der Waals surface area contributed by atoms with Gasteiger partial charge in [0.1, 0.15) is 5.56 Å². The summed E-state index contributed by atoms with van der Waals surface area (Å²) in [6.07, 6.45) is 1.32. The summed E-state index contributed by atoms with van der Waals surface area (Å²) < 4.78 is 0. The topological polar surface area (TPSA) is 120 Å². The van der Waals surface area contributed by atoms with Crippen LogP contribution in [0.2, 0.25) is 0 Å². The lowest BCUT2D eigenvalue weighted by Gasteiger charge is -2.13. The predicted molar refractivity (Wildman–Crippen MR) is 110 cm³/mol. The van der Waals surface area contributed by atoms with Gasteiger partial charge in [-0.3, -0.25) is 19.2 Å². The number of pyridine rings is 1. The van der Waals surface area contributed by atoms with E-state index in [1.165, 1.54) is 13.2 Å². The fourth-order valence-corrected chi connectivity index (χ4v) is 2.98. The zero-order chi connectivity index (χ0) is 21.0. The van der Waals surface area contributed by atoms with Gasteiger partial charge in [-0.2, -0.15) is 0 Å². The third-order valence-corrected chi connectivity index (χ3v) is 4.44. The number of benzene rings is 2. The first-order chi connectivity index (χ1) is 13.9. The van der Waals surface area contributed by atoms with Crippen molar-refractivity contribution in [1.82, 2.24) is 15.6 Å². The van der Waals surface area contributed by atoms with Gasteiger partial charge < -0.3 is 20.9 Å². The maximum absolute atomic E-state index is 12.5. The summed E-state index contributed by atoms with van der Waals surface area (Å²) in [5, 5.41) is 7.97. The number of aryl methyl sites for hydroxylation is 1. The normalized spacial score (nSPS) is 10.4. The van der Waals surface area contributed by atoms with Crippen LogP contribution in [0.3, 0.4) is 0 Å². The molecule has 0 aliphatic carbocycles. The minimum atomic E-state index is -0.664. The maximum Gasteiger partial charge on any atom is 0.257 e. The molecule has 4 N–H and O–H groups in total. The van der Waals surface area contributed by atoms with Gasteiger partial charge in [0, 0.05) is 24.1 Å². The van der Waals surface area contributed by atoms with Crippen molar-refractivity contribution >= 4 is 34.3 Å². The molecule has 1 aromatic heterocycles. The molecule has 3 rings (SSSR count). The number of nitrogens with one attached hydrogen (secondary N) is 4. The molecule has 0 aliphatic heterocycles. The van der Waals surface area contributed by atoms with Crippen molar-refractivity contribution in [2.75, 3.05) is 18.9 Å². The molecule has 148 valence electrons. The van der Waals surface area contributed by atoms with Gasteiger partial charge in [-0.1, -0.05) is 24.3 Å². The molecule has 0 saturated heterocycles. The number of para-hydroxylation sites is 1. The molecule has 0 saturated carbocycles. The van der Waals surface area contributed by atoms with E-state index in [9.17, 15) is 19.2 Å². The molecule has 3 aromatic rings. The number of aromatic nitrogens is 1. The number of H-pyrrole nitrogens is 1. The number of fused-ring (bicyclic) bond motifs is 1. The number of amides is 3. The van der Waals surface area contributed by atoms with Crippen molar-refractivity contribution in [3.05, 3.63) is 75.6 Å². The second-order valence-corrected chi connectivity index (χ2v) is 6.38. The van der Waals surface area contributed by atoms with Crippen LogP contribution in [0.25, 0.3) is 10.9 Å². The van der Waals surface area contributed by atoms with Crippen molar-refractivity contribution in [2.45, 2.75) is 6.92 Å². The van der Waals surface area contributed by atoms with E-state index in [0.717, 1.165) is 0 Å². The van der Waals surface area contributed by atoms with Crippen LogP contribution in [0, 0.1) is 6.92 Å². The number of carbonyl (C=O) groups excluding carboxylic acids is 3. The molecule has 0 radical (unpaired) electrons. The summed E-state index contributed by atoms with van der Waals surface area (Å²) >= 11 is 0. The second-order valence-electron chi connectivity index (χ2n) is 6.38. The Kier molecular flexibility index (Phi) is 5.73. The van der Waals surface area contributed by atoms with Crippen LogP contribution >= 0.6 is 0 Å². The molecule has 1 heterocycles. The summed E-state index contributed by atoms with van der Waals surface area (Å²) in [5.41, 5.74) is 1.51. The van der Waals surface area contributed by atoms with Crippen LogP contribution in [0.1, 0.15) is 26.3 Å². The van der Waals surface area contributed by atoms with Gasteiger partial charge in [0.25, 0.3) is 11.8 Å². The van der Waals surface area contributed by atoms with Gasteiger partial charge in [-0.05, 0) is 30.7 Å². The Hall–Kier alpha value is -3.94. The minimum Gasteiger partial charge on any atom is -0.360 e. The average Bonchev–Trinajstić information content (AvgIpc) is 2.72. The number of carbonyl (C=O) groups is 3. The van der Waals surface area contributed by atoms with Crippen LogP contribution < -0.4 is 21.4 Å². The van der Waals surface area contributed by atoms with Crippen molar-refractivity contribution in [3.8, 4) is 0 Å². The van der Waals surface area contributed by atoms with Crippen molar-refractivity contribution in [2.24, 2.45) is 0 Å². The molecule has 3 amide bonds. The van der Waals surface area contributed by atoms with Crippen molar-refractivity contribution < 1.29 is 14.4 Å². The molecule has 0 atom stereocenters. The van der Waals surface area contributed by atoms with Gasteiger partial charge in [0.2, 0.25) is 11.3 Å². The van der Waals surface area contributed by atoms with E-state index >= 15 is 0 Å². The van der Waals surface area contributed by atoms with Crippen LogP contribution in [-0.4, -0.2) is 36.3 Å². The first-order valence-electron chi connectivity index (χ1n) is 8.92. The molecule has 2 aromatic carbocycles. The average molecular weight is 392 g/mol. The third-order valence-electron chi connectivity index (χ3n) is 4.44. The predicted octanol–water partition coefficient (Wildman–Crippen LogP) is 1.56. The Morgan fingerprint density at radius 3 is 2.52 bits per heavy atom. The monoisotopic (exact) mass is 392 g/mol. The highest BCUT2D eigenvalue weighted by Gasteiger charge is 2.17. The number of hydrogen-bond donors (Lipinski definition) is 4. The Labute approximate surface area is 166 Å². The Balaban J connectivity index is 1.71. The summed E-state index contributed by atoms with van der Waals surface area (Å²) in [7, 11) is 1.50. The Bertz CT molecular complexity index is 1170. The first kappa shape index (κ1) is 19.8. The van der Waals surface area contributed by atoms with Gasteiger partial charge in [0.05, 0.1) is 17.8 Å². The summed E-state index contributed by atoms with van der Waals surface area (Å²) in [5.74, 6) is -1.51. The van der Waals surface area contributed by atoms with Crippen LogP contribution in [0.4, 0.5) is 5.69 Å². The molecule has 0 bridgehead atoms. The van der Waals surface area contributed by atoms with Crippen molar-refractivity contribution in [3.63, 3.8) is 0 Å². The lowest BCUT2D eigenvalue weighted by Crippen LogP contribution is -2.35. The number of rotatable bonds is 5. The fourth-order valence-electron chi connectivity index (χ4n) is 2.98. The lowest BCUT2D eigenvalue weighted by molar-refractivity contribution is -0.115. The van der Waals surface area contributed by atoms with E-state index in [-0.39, 0.29) is 18.0 Å². The van der Waals surface area contributed by atoms with Gasteiger partial charge in [0.15, 0.2) is 0 Å². The molecule has 0 spiro atoms. The molecule has 0 fully saturated rings. The third kappa shape index (κ3) is 4.16. The fraction of sp³-hybridized carbons (Fsp3) is 0.143. The van der Waals surface area contributed by atoms with E-state index in [1.807, 2.05) is 0 Å².